The van der Waals surface area contributed by atoms with Gasteiger partial charge in [0.1, 0.15) is 0 Å². The Balaban J connectivity index is 2.32. The lowest BCUT2D eigenvalue weighted by Crippen LogP contribution is -2.31. The highest BCUT2D eigenvalue weighted by molar-refractivity contribution is 5.14. The van der Waals surface area contributed by atoms with E-state index in [0.29, 0.717) is 12.6 Å². The van der Waals surface area contributed by atoms with Crippen LogP contribution in [0.3, 0.4) is 0 Å². The standard InChI is InChI=1S/C16H27NO/c1-15(2)17(12-8-3-4-9-13-18)14-16-10-6-5-7-11-16/h5-7,10-11,15,18H,3-4,8-9,12-14H2,1-2H3. The molecule has 0 fully saturated rings. The van der Waals surface area contributed by atoms with E-state index in [1.807, 2.05) is 0 Å². The minimum Gasteiger partial charge on any atom is -0.396 e. The van der Waals surface area contributed by atoms with Crippen LogP contribution in [0.25, 0.3) is 0 Å². The van der Waals surface area contributed by atoms with Crippen molar-refractivity contribution in [3.05, 3.63) is 35.9 Å². The third kappa shape index (κ3) is 6.18. The molecule has 102 valence electrons. The molecule has 0 radical (unpaired) electrons. The highest BCUT2D eigenvalue weighted by atomic mass is 16.2. The van der Waals surface area contributed by atoms with Gasteiger partial charge in [0.25, 0.3) is 0 Å². The third-order valence-electron chi connectivity index (χ3n) is 3.31. The number of nitrogens with zero attached hydrogens (tertiary/aromatic N) is 1. The summed E-state index contributed by atoms with van der Waals surface area (Å²) >= 11 is 0. The summed E-state index contributed by atoms with van der Waals surface area (Å²) in [6.45, 7) is 7.04. The maximum atomic E-state index is 8.75. The minimum atomic E-state index is 0.331. The first-order valence-electron chi connectivity index (χ1n) is 7.13. The van der Waals surface area contributed by atoms with E-state index in [0.717, 1.165) is 25.9 Å². The van der Waals surface area contributed by atoms with E-state index in [-0.39, 0.29) is 0 Å². The van der Waals surface area contributed by atoms with E-state index >= 15 is 0 Å². The molecule has 1 aromatic carbocycles. The van der Waals surface area contributed by atoms with Gasteiger partial charge in [0.05, 0.1) is 0 Å². The molecule has 0 heterocycles. The first kappa shape index (κ1) is 15.2. The van der Waals surface area contributed by atoms with Crippen LogP contribution in [-0.2, 0) is 6.54 Å². The largest absolute Gasteiger partial charge is 0.396 e. The molecule has 0 aromatic heterocycles. The van der Waals surface area contributed by atoms with Gasteiger partial charge < -0.3 is 5.11 Å². The zero-order chi connectivity index (χ0) is 13.2. The monoisotopic (exact) mass is 249 g/mol. The van der Waals surface area contributed by atoms with Gasteiger partial charge in [-0.25, -0.2) is 0 Å². The number of aliphatic hydroxyl groups is 1. The average Bonchev–Trinajstić information content (AvgIpc) is 2.38. The third-order valence-corrected chi connectivity index (χ3v) is 3.31. The molecule has 0 spiro atoms. The van der Waals surface area contributed by atoms with E-state index in [9.17, 15) is 0 Å². The Morgan fingerprint density at radius 2 is 1.67 bits per heavy atom. The van der Waals surface area contributed by atoms with Crippen LogP contribution in [-0.4, -0.2) is 29.2 Å². The van der Waals surface area contributed by atoms with Crippen molar-refractivity contribution in [2.24, 2.45) is 0 Å². The fraction of sp³-hybridized carbons (Fsp3) is 0.625. The summed E-state index contributed by atoms with van der Waals surface area (Å²) in [5, 5.41) is 8.75. The molecule has 0 bridgehead atoms. The van der Waals surface area contributed by atoms with Gasteiger partial charge in [0.2, 0.25) is 0 Å². The average molecular weight is 249 g/mol. The summed E-state index contributed by atoms with van der Waals surface area (Å²) in [6.07, 6.45) is 4.54. The van der Waals surface area contributed by atoms with Crippen LogP contribution in [0.1, 0.15) is 45.1 Å². The van der Waals surface area contributed by atoms with Gasteiger partial charge in [-0.1, -0.05) is 43.2 Å². The highest BCUT2D eigenvalue weighted by Crippen LogP contribution is 2.10. The van der Waals surface area contributed by atoms with Gasteiger partial charge in [-0.05, 0) is 38.8 Å². The molecule has 0 aliphatic rings. The van der Waals surface area contributed by atoms with Gasteiger partial charge >= 0.3 is 0 Å². The normalized spacial score (nSPS) is 11.4. The molecular formula is C16H27NO. The Kier molecular flexibility index (Phi) is 7.70. The number of aliphatic hydroxyl groups excluding tert-OH is 1. The minimum absolute atomic E-state index is 0.331. The second-order valence-corrected chi connectivity index (χ2v) is 5.19. The van der Waals surface area contributed by atoms with E-state index in [2.05, 4.69) is 49.1 Å². The maximum absolute atomic E-state index is 8.75. The number of hydrogen-bond donors (Lipinski definition) is 1. The fourth-order valence-corrected chi connectivity index (χ4v) is 2.12. The lowest BCUT2D eigenvalue weighted by molar-refractivity contribution is 0.206. The second kappa shape index (κ2) is 9.12. The number of benzene rings is 1. The molecule has 1 rings (SSSR count). The molecule has 1 N–H and O–H groups in total. The van der Waals surface area contributed by atoms with Gasteiger partial charge in [-0.2, -0.15) is 0 Å². The quantitative estimate of drug-likeness (QED) is 0.678. The summed E-state index contributed by atoms with van der Waals surface area (Å²) in [5.41, 5.74) is 1.39. The Morgan fingerprint density at radius 1 is 1.00 bits per heavy atom. The number of hydrogen-bond acceptors (Lipinski definition) is 2. The molecule has 0 atom stereocenters. The molecule has 18 heavy (non-hydrogen) atoms. The number of unbranched alkanes of at least 4 members (excludes halogenated alkanes) is 3. The van der Waals surface area contributed by atoms with Crippen LogP contribution in [0.4, 0.5) is 0 Å². The SMILES string of the molecule is CC(C)N(CCCCCCO)Cc1ccccc1. The van der Waals surface area contributed by atoms with Crippen LogP contribution in [0.2, 0.25) is 0 Å². The zero-order valence-electron chi connectivity index (χ0n) is 11.8. The van der Waals surface area contributed by atoms with Crippen LogP contribution < -0.4 is 0 Å². The van der Waals surface area contributed by atoms with E-state index in [1.165, 1.54) is 18.4 Å². The van der Waals surface area contributed by atoms with Gasteiger partial charge in [-0.3, -0.25) is 4.90 Å². The smallest absolute Gasteiger partial charge is 0.0431 e. The predicted octanol–water partition coefficient (Wildman–Crippen LogP) is 3.45. The Morgan fingerprint density at radius 3 is 2.28 bits per heavy atom. The van der Waals surface area contributed by atoms with Crippen molar-refractivity contribution in [1.29, 1.82) is 0 Å². The Labute approximate surface area is 112 Å². The van der Waals surface area contributed by atoms with Crippen molar-refractivity contribution >= 4 is 0 Å². The molecule has 0 aliphatic heterocycles. The molecule has 0 amide bonds. The van der Waals surface area contributed by atoms with Crippen LogP contribution >= 0.6 is 0 Å². The second-order valence-electron chi connectivity index (χ2n) is 5.19. The zero-order valence-corrected chi connectivity index (χ0v) is 11.8. The van der Waals surface area contributed by atoms with E-state index in [4.69, 9.17) is 5.11 Å². The molecule has 0 unspecified atom stereocenters. The topological polar surface area (TPSA) is 23.5 Å². The van der Waals surface area contributed by atoms with Crippen molar-refractivity contribution in [2.75, 3.05) is 13.2 Å². The molecule has 2 nitrogen and oxygen atoms in total. The molecule has 0 saturated heterocycles. The first-order valence-corrected chi connectivity index (χ1v) is 7.13. The van der Waals surface area contributed by atoms with Crippen molar-refractivity contribution < 1.29 is 5.11 Å². The van der Waals surface area contributed by atoms with Crippen LogP contribution in [0.15, 0.2) is 30.3 Å². The van der Waals surface area contributed by atoms with Crippen LogP contribution in [0.5, 0.6) is 0 Å². The lowest BCUT2D eigenvalue weighted by Gasteiger charge is -2.26. The van der Waals surface area contributed by atoms with Crippen molar-refractivity contribution in [2.45, 2.75) is 52.1 Å². The number of rotatable bonds is 9. The van der Waals surface area contributed by atoms with Crippen LogP contribution in [0, 0.1) is 0 Å². The molecule has 1 aromatic rings. The molecule has 2 heteroatoms. The van der Waals surface area contributed by atoms with Gasteiger partial charge in [0.15, 0.2) is 0 Å². The fourth-order valence-electron chi connectivity index (χ4n) is 2.12. The van der Waals surface area contributed by atoms with E-state index < -0.39 is 0 Å². The van der Waals surface area contributed by atoms with Crippen molar-refractivity contribution in [3.8, 4) is 0 Å². The lowest BCUT2D eigenvalue weighted by atomic mass is 10.1. The highest BCUT2D eigenvalue weighted by Gasteiger charge is 2.09. The van der Waals surface area contributed by atoms with Crippen molar-refractivity contribution in [3.63, 3.8) is 0 Å². The summed E-state index contributed by atoms with van der Waals surface area (Å²) in [6, 6.07) is 11.3. The van der Waals surface area contributed by atoms with Crippen molar-refractivity contribution in [1.82, 2.24) is 4.90 Å². The van der Waals surface area contributed by atoms with E-state index in [1.54, 1.807) is 0 Å². The van der Waals surface area contributed by atoms with Gasteiger partial charge in [0, 0.05) is 19.2 Å². The summed E-state index contributed by atoms with van der Waals surface area (Å²) in [7, 11) is 0. The summed E-state index contributed by atoms with van der Waals surface area (Å²) < 4.78 is 0. The predicted molar refractivity (Wildman–Crippen MR) is 77.5 cm³/mol. The Bertz CT molecular complexity index is 297. The summed E-state index contributed by atoms with van der Waals surface area (Å²) in [4.78, 5) is 2.52. The summed E-state index contributed by atoms with van der Waals surface area (Å²) in [5.74, 6) is 0. The molecular weight excluding hydrogens is 222 g/mol. The maximum Gasteiger partial charge on any atom is 0.0431 e. The first-order chi connectivity index (χ1) is 8.74. The molecule has 0 saturated carbocycles. The Hall–Kier alpha value is -0.860. The van der Waals surface area contributed by atoms with Gasteiger partial charge in [-0.15, -0.1) is 0 Å². The molecule has 0 aliphatic carbocycles.